The van der Waals surface area contributed by atoms with Crippen molar-refractivity contribution in [3.05, 3.63) is 23.3 Å². The normalized spacial score (nSPS) is 13.5. The van der Waals surface area contributed by atoms with Gasteiger partial charge in [0.1, 0.15) is 6.07 Å². The summed E-state index contributed by atoms with van der Waals surface area (Å²) in [7, 11) is 0. The van der Waals surface area contributed by atoms with Gasteiger partial charge in [0, 0.05) is 0 Å². The third-order valence-electron chi connectivity index (χ3n) is 1.16. The summed E-state index contributed by atoms with van der Waals surface area (Å²) in [6.07, 6.45) is 4.61. The summed E-state index contributed by atoms with van der Waals surface area (Å²) in [6, 6.07) is 1.88. The predicted molar refractivity (Wildman–Crippen MR) is 43.4 cm³/mol. The van der Waals surface area contributed by atoms with E-state index in [-0.39, 0.29) is 0 Å². The smallest absolute Gasteiger partial charge is 0.101 e. The van der Waals surface area contributed by atoms with E-state index < -0.39 is 0 Å². The Balaban J connectivity index is 4.52. The Morgan fingerprint density at radius 1 is 1.64 bits per heavy atom. The number of hydrogen-bond donors (Lipinski definition) is 1. The van der Waals surface area contributed by atoms with Crippen molar-refractivity contribution in [3.63, 3.8) is 0 Å². The van der Waals surface area contributed by atoms with E-state index >= 15 is 0 Å². The monoisotopic (exact) mass is 150 g/mol. The molecule has 0 aromatic heterocycles. The fourth-order valence-corrected chi connectivity index (χ4v) is 0.489. The Morgan fingerprint density at radius 3 is 2.64 bits per heavy atom. The van der Waals surface area contributed by atoms with Crippen molar-refractivity contribution in [2.45, 2.75) is 13.8 Å². The van der Waals surface area contributed by atoms with Crippen LogP contribution in [-0.2, 0) is 0 Å². The zero-order chi connectivity index (χ0) is 8.69. The second kappa shape index (κ2) is 5.24. The first kappa shape index (κ1) is 9.44. The van der Waals surface area contributed by atoms with Crippen molar-refractivity contribution in [3.8, 4) is 6.07 Å². The number of allylic oxidation sites excluding steroid dienone is 4. The van der Waals surface area contributed by atoms with Gasteiger partial charge in [0.2, 0.25) is 0 Å². The highest BCUT2D eigenvalue weighted by Gasteiger charge is 1.89. The molecule has 0 aliphatic heterocycles. The van der Waals surface area contributed by atoms with E-state index in [9.17, 15) is 0 Å². The SMILES string of the molecule is C\C=C(C)/C=C(C#N)\C=N\O. The standard InChI is InChI=1S/C8H10N2O/c1-3-7(2)4-8(5-9)6-10-11/h3-4,6,11H,1-2H3/b7-3-,8-4-,10-6+. The van der Waals surface area contributed by atoms with Gasteiger partial charge in [0.05, 0.1) is 11.8 Å². The lowest BCUT2D eigenvalue weighted by atomic mass is 10.2. The second-order valence-electron chi connectivity index (χ2n) is 1.99. The Hall–Kier alpha value is -1.56. The van der Waals surface area contributed by atoms with E-state index in [1.807, 2.05) is 26.0 Å². The van der Waals surface area contributed by atoms with Crippen LogP contribution in [-0.4, -0.2) is 11.4 Å². The average molecular weight is 150 g/mol. The molecule has 58 valence electrons. The largest absolute Gasteiger partial charge is 0.411 e. The van der Waals surface area contributed by atoms with Crippen LogP contribution in [0.3, 0.4) is 0 Å². The highest BCUT2D eigenvalue weighted by atomic mass is 16.4. The minimum atomic E-state index is 0.336. The molecule has 0 aromatic carbocycles. The molecule has 0 aromatic rings. The van der Waals surface area contributed by atoms with Crippen LogP contribution in [0, 0.1) is 11.3 Å². The predicted octanol–water partition coefficient (Wildman–Crippen LogP) is 1.86. The molecule has 0 atom stereocenters. The zero-order valence-electron chi connectivity index (χ0n) is 6.57. The lowest BCUT2D eigenvalue weighted by molar-refractivity contribution is 0.322. The summed E-state index contributed by atoms with van der Waals surface area (Å²) in [4.78, 5) is 0. The van der Waals surface area contributed by atoms with Crippen molar-refractivity contribution >= 4 is 6.21 Å². The molecule has 0 saturated carbocycles. The minimum Gasteiger partial charge on any atom is -0.411 e. The number of nitriles is 1. The van der Waals surface area contributed by atoms with E-state index in [1.54, 1.807) is 6.08 Å². The fraction of sp³-hybridized carbons (Fsp3) is 0.250. The van der Waals surface area contributed by atoms with Crippen LogP contribution in [0.1, 0.15) is 13.8 Å². The van der Waals surface area contributed by atoms with Crippen molar-refractivity contribution < 1.29 is 5.21 Å². The average Bonchev–Trinajstić information content (AvgIpc) is 2.03. The van der Waals surface area contributed by atoms with E-state index in [0.29, 0.717) is 5.57 Å². The van der Waals surface area contributed by atoms with Crippen LogP contribution in [0.25, 0.3) is 0 Å². The topological polar surface area (TPSA) is 56.4 Å². The Kier molecular flexibility index (Phi) is 4.50. The van der Waals surface area contributed by atoms with Gasteiger partial charge in [0.25, 0.3) is 0 Å². The molecular weight excluding hydrogens is 140 g/mol. The molecule has 0 aliphatic rings. The van der Waals surface area contributed by atoms with Gasteiger partial charge in [-0.3, -0.25) is 0 Å². The Labute approximate surface area is 66.0 Å². The highest BCUT2D eigenvalue weighted by molar-refractivity contribution is 5.83. The summed E-state index contributed by atoms with van der Waals surface area (Å²) in [5.74, 6) is 0. The van der Waals surface area contributed by atoms with Gasteiger partial charge in [-0.2, -0.15) is 5.26 Å². The molecule has 0 heterocycles. The number of nitrogens with zero attached hydrogens (tertiary/aromatic N) is 2. The van der Waals surface area contributed by atoms with Gasteiger partial charge < -0.3 is 5.21 Å². The Bertz CT molecular complexity index is 243. The molecule has 0 radical (unpaired) electrons. The van der Waals surface area contributed by atoms with Gasteiger partial charge in [-0.1, -0.05) is 16.8 Å². The molecule has 0 saturated heterocycles. The number of oxime groups is 1. The van der Waals surface area contributed by atoms with Gasteiger partial charge in [0.15, 0.2) is 0 Å². The van der Waals surface area contributed by atoms with Gasteiger partial charge in [-0.05, 0) is 19.9 Å². The highest BCUT2D eigenvalue weighted by Crippen LogP contribution is 1.98. The summed E-state index contributed by atoms with van der Waals surface area (Å²) < 4.78 is 0. The molecule has 3 heteroatoms. The summed E-state index contributed by atoms with van der Waals surface area (Å²) in [5, 5.41) is 19.3. The van der Waals surface area contributed by atoms with Crippen LogP contribution in [0.4, 0.5) is 0 Å². The first-order chi connectivity index (χ1) is 5.24. The molecule has 0 aliphatic carbocycles. The van der Waals surface area contributed by atoms with Crippen LogP contribution in [0.2, 0.25) is 0 Å². The maximum atomic E-state index is 8.45. The fourth-order valence-electron chi connectivity index (χ4n) is 0.489. The Morgan fingerprint density at radius 2 is 2.27 bits per heavy atom. The van der Waals surface area contributed by atoms with Gasteiger partial charge in [-0.25, -0.2) is 0 Å². The minimum absolute atomic E-state index is 0.336. The van der Waals surface area contributed by atoms with Crippen molar-refractivity contribution in [2.24, 2.45) is 5.16 Å². The molecule has 0 spiro atoms. The van der Waals surface area contributed by atoms with Crippen molar-refractivity contribution in [1.29, 1.82) is 5.26 Å². The lowest BCUT2D eigenvalue weighted by Gasteiger charge is -1.87. The molecule has 0 unspecified atom stereocenters. The molecule has 0 amide bonds. The van der Waals surface area contributed by atoms with Crippen LogP contribution >= 0.6 is 0 Å². The van der Waals surface area contributed by atoms with E-state index in [0.717, 1.165) is 11.8 Å². The first-order valence-electron chi connectivity index (χ1n) is 3.16. The van der Waals surface area contributed by atoms with E-state index in [2.05, 4.69) is 5.16 Å². The molecule has 0 fully saturated rings. The summed E-state index contributed by atoms with van der Waals surface area (Å²) in [6.45, 7) is 3.74. The summed E-state index contributed by atoms with van der Waals surface area (Å²) >= 11 is 0. The van der Waals surface area contributed by atoms with Gasteiger partial charge in [-0.15, -0.1) is 0 Å². The molecular formula is C8H10N2O. The van der Waals surface area contributed by atoms with Crippen LogP contribution in [0.5, 0.6) is 0 Å². The molecule has 11 heavy (non-hydrogen) atoms. The zero-order valence-corrected chi connectivity index (χ0v) is 6.57. The second-order valence-corrected chi connectivity index (χ2v) is 1.99. The third kappa shape index (κ3) is 3.93. The van der Waals surface area contributed by atoms with Crippen LogP contribution < -0.4 is 0 Å². The van der Waals surface area contributed by atoms with Crippen molar-refractivity contribution in [1.82, 2.24) is 0 Å². The molecule has 0 bridgehead atoms. The summed E-state index contributed by atoms with van der Waals surface area (Å²) in [5.41, 5.74) is 1.30. The number of hydrogen-bond acceptors (Lipinski definition) is 3. The molecule has 3 nitrogen and oxygen atoms in total. The quantitative estimate of drug-likeness (QED) is 0.215. The first-order valence-corrected chi connectivity index (χ1v) is 3.16. The van der Waals surface area contributed by atoms with E-state index in [1.165, 1.54) is 0 Å². The van der Waals surface area contributed by atoms with E-state index in [4.69, 9.17) is 10.5 Å². The number of rotatable bonds is 2. The third-order valence-corrected chi connectivity index (χ3v) is 1.16. The molecule has 1 N–H and O–H groups in total. The maximum absolute atomic E-state index is 8.45. The maximum Gasteiger partial charge on any atom is 0.101 e. The van der Waals surface area contributed by atoms with Crippen molar-refractivity contribution in [2.75, 3.05) is 0 Å². The molecule has 0 rings (SSSR count). The van der Waals surface area contributed by atoms with Gasteiger partial charge >= 0.3 is 0 Å². The van der Waals surface area contributed by atoms with Crippen LogP contribution in [0.15, 0.2) is 28.5 Å². The lowest BCUT2D eigenvalue weighted by Crippen LogP contribution is -1.80.